The van der Waals surface area contributed by atoms with Gasteiger partial charge in [0.15, 0.2) is 5.78 Å². The molecule has 0 saturated carbocycles. The minimum atomic E-state index is -3.03. The molecule has 370 valence electrons. The molecule has 0 aromatic carbocycles. The van der Waals surface area contributed by atoms with E-state index >= 15 is 0 Å². The highest BCUT2D eigenvalue weighted by atomic mass is 32.5. The van der Waals surface area contributed by atoms with Gasteiger partial charge in [0.05, 0.1) is 118 Å². The molecule has 0 aromatic rings. The molecular weight excluding hydrogens is 871 g/mol. The standard InChI is InChI=1S/C40H77N4O17PS/c1-33(2)62(50,63)61-32-31-60-30-29-59-28-27-58-26-25-55-16-12-39(48)44-35(40(49)42-14-18-57-24-21-53-5)9-11-38(47)43-34(36(45)7-6-15-54-22-19-51-3)8-10-37(46)41-13-17-56-23-20-52-4/h33-35H,6-32H2,1-5H3,(H,41,46)(H,42,49)(H,43,47)(H,44,48)(H,50,63)/p-1. The first-order valence-electron chi connectivity index (χ1n) is 21.5. The van der Waals surface area contributed by atoms with Crippen molar-refractivity contribution in [3.63, 3.8) is 0 Å². The topological polar surface area (TPSA) is 258 Å². The highest BCUT2D eigenvalue weighted by molar-refractivity contribution is 8.09. The molecule has 0 radical (unpaired) electrons. The molecule has 0 fully saturated rings. The average molecular weight is 948 g/mol. The van der Waals surface area contributed by atoms with E-state index in [1.807, 2.05) is 0 Å². The van der Waals surface area contributed by atoms with Gasteiger partial charge in [0.2, 0.25) is 23.6 Å². The summed E-state index contributed by atoms with van der Waals surface area (Å²) in [4.78, 5) is 77.0. The van der Waals surface area contributed by atoms with Gasteiger partial charge < -0.3 is 78.1 Å². The van der Waals surface area contributed by atoms with Crippen molar-refractivity contribution in [1.82, 2.24) is 21.3 Å². The summed E-state index contributed by atoms with van der Waals surface area (Å²) in [6, 6.07) is -2.03. The second-order valence-corrected chi connectivity index (χ2v) is 17.9. The Bertz CT molecular complexity index is 1240. The smallest absolute Gasteiger partial charge is 0.242 e. The molecular formula is C40H76N4O17PS-. The highest BCUT2D eigenvalue weighted by Crippen LogP contribution is 2.42. The molecule has 0 rings (SSSR count). The third-order valence-corrected chi connectivity index (χ3v) is 11.9. The van der Waals surface area contributed by atoms with Crippen LogP contribution in [0.1, 0.15) is 58.8 Å². The second-order valence-electron chi connectivity index (χ2n) is 14.0. The van der Waals surface area contributed by atoms with Gasteiger partial charge >= 0.3 is 0 Å². The van der Waals surface area contributed by atoms with Crippen LogP contribution in [0.3, 0.4) is 0 Å². The van der Waals surface area contributed by atoms with Gasteiger partial charge in [-0.25, -0.2) is 0 Å². The van der Waals surface area contributed by atoms with E-state index in [9.17, 15) is 28.9 Å². The summed E-state index contributed by atoms with van der Waals surface area (Å²) in [7, 11) is 4.66. The van der Waals surface area contributed by atoms with Crippen LogP contribution in [-0.4, -0.2) is 200 Å². The SMILES string of the molecule is COCCOCCCC(=O)C(CCC(=O)NCCOCCOC)NC(=O)CCC(NC(=O)CCOCCOCCOCCOCCOP([O-])(=S)C(C)C)C(=O)NCCOCCOC. The van der Waals surface area contributed by atoms with Crippen molar-refractivity contribution >= 4 is 47.7 Å². The zero-order valence-electron chi connectivity index (χ0n) is 38.1. The van der Waals surface area contributed by atoms with Gasteiger partial charge in [-0.15, -0.1) is 0 Å². The Balaban J connectivity index is 4.93. The van der Waals surface area contributed by atoms with Crippen LogP contribution < -0.4 is 26.2 Å². The van der Waals surface area contributed by atoms with Crippen LogP contribution in [0.4, 0.5) is 0 Å². The molecule has 4 N–H and O–H groups in total. The maximum atomic E-state index is 13.2. The lowest BCUT2D eigenvalue weighted by atomic mass is 10.0. The van der Waals surface area contributed by atoms with Gasteiger partial charge in [0, 0.05) is 66.7 Å². The van der Waals surface area contributed by atoms with E-state index in [0.29, 0.717) is 85.7 Å². The minimum Gasteiger partial charge on any atom is -0.800 e. The number of hydrogen-bond donors (Lipinski definition) is 4. The summed E-state index contributed by atoms with van der Waals surface area (Å²) in [6.07, 6.45) is 0.229. The van der Waals surface area contributed by atoms with Crippen molar-refractivity contribution in [1.29, 1.82) is 0 Å². The van der Waals surface area contributed by atoms with Crippen molar-refractivity contribution in [2.75, 3.05) is 153 Å². The third kappa shape index (κ3) is 37.6. The lowest BCUT2D eigenvalue weighted by Crippen LogP contribution is -2.48. The molecule has 0 aliphatic rings. The molecule has 0 bridgehead atoms. The molecule has 0 spiro atoms. The maximum absolute atomic E-state index is 13.2. The summed E-state index contributed by atoms with van der Waals surface area (Å²) >= 11 is 4.95. The molecule has 0 aliphatic carbocycles. The summed E-state index contributed by atoms with van der Waals surface area (Å²) in [5.41, 5.74) is -0.223. The summed E-state index contributed by atoms with van der Waals surface area (Å²) < 4.78 is 58.1. The van der Waals surface area contributed by atoms with Crippen molar-refractivity contribution in [2.45, 2.75) is 76.5 Å². The number of hydrogen-bond acceptors (Lipinski definition) is 18. The van der Waals surface area contributed by atoms with Crippen molar-refractivity contribution < 1.29 is 80.8 Å². The van der Waals surface area contributed by atoms with Gasteiger partial charge in [-0.1, -0.05) is 25.7 Å². The fourth-order valence-corrected chi connectivity index (χ4v) is 5.79. The second kappa shape index (κ2) is 42.4. The predicted octanol–water partition coefficient (Wildman–Crippen LogP) is -0.362. The van der Waals surface area contributed by atoms with Crippen LogP contribution in [0.5, 0.6) is 0 Å². The quantitative estimate of drug-likeness (QED) is 0.0449. The Labute approximate surface area is 378 Å². The number of nitrogens with one attached hydrogen (secondary N) is 4. The van der Waals surface area contributed by atoms with Crippen LogP contribution in [-0.2, 0) is 87.7 Å². The van der Waals surface area contributed by atoms with E-state index < -0.39 is 36.3 Å². The molecule has 0 aromatic heterocycles. The lowest BCUT2D eigenvalue weighted by Gasteiger charge is -2.31. The van der Waals surface area contributed by atoms with Crippen LogP contribution in [0.15, 0.2) is 0 Å². The summed E-state index contributed by atoms with van der Waals surface area (Å²) in [5.74, 6) is -2.08. The van der Waals surface area contributed by atoms with E-state index in [-0.39, 0.29) is 109 Å². The Morgan fingerprint density at radius 3 is 1.44 bits per heavy atom. The first kappa shape index (κ1) is 60.7. The molecule has 23 heteroatoms. The number of amides is 4. The fourth-order valence-electron chi connectivity index (χ4n) is 4.94. The maximum Gasteiger partial charge on any atom is 0.242 e. The summed E-state index contributed by atoms with van der Waals surface area (Å²) in [6.45, 7) is 6.38. The summed E-state index contributed by atoms with van der Waals surface area (Å²) in [5, 5.41) is 10.9. The van der Waals surface area contributed by atoms with E-state index in [4.69, 9.17) is 63.7 Å². The zero-order chi connectivity index (χ0) is 46.8. The predicted molar refractivity (Wildman–Crippen MR) is 234 cm³/mol. The number of ketones is 1. The van der Waals surface area contributed by atoms with E-state index in [1.54, 1.807) is 35.2 Å². The molecule has 63 heavy (non-hydrogen) atoms. The molecule has 0 heterocycles. The van der Waals surface area contributed by atoms with Crippen LogP contribution in [0.2, 0.25) is 0 Å². The molecule has 3 unspecified atom stereocenters. The number of carbonyl (C=O) groups is 5. The van der Waals surface area contributed by atoms with Gasteiger partial charge in [0.25, 0.3) is 0 Å². The van der Waals surface area contributed by atoms with E-state index in [0.717, 1.165) is 0 Å². The first-order chi connectivity index (χ1) is 30.4. The molecule has 3 atom stereocenters. The number of rotatable bonds is 46. The van der Waals surface area contributed by atoms with Crippen LogP contribution in [0, 0.1) is 0 Å². The molecule has 21 nitrogen and oxygen atoms in total. The van der Waals surface area contributed by atoms with E-state index in [1.165, 1.54) is 0 Å². The number of carbonyl (C=O) groups excluding carboxylic acids is 5. The Hall–Kier alpha value is -2.28. The Morgan fingerprint density at radius 2 is 0.905 bits per heavy atom. The molecule has 4 amide bonds. The Kier molecular flexibility index (Phi) is 40.8. The number of methoxy groups -OCH3 is 3. The Morgan fingerprint density at radius 1 is 0.492 bits per heavy atom. The normalized spacial score (nSPS) is 13.3. The fraction of sp³-hybridized carbons (Fsp3) is 0.875. The number of ether oxygens (including phenoxy) is 10. The van der Waals surface area contributed by atoms with Crippen LogP contribution >= 0.6 is 6.49 Å². The molecule has 0 aliphatic heterocycles. The zero-order valence-corrected chi connectivity index (χ0v) is 39.8. The molecule has 0 saturated heterocycles. The van der Waals surface area contributed by atoms with Crippen molar-refractivity contribution in [3.05, 3.63) is 0 Å². The average Bonchev–Trinajstić information content (AvgIpc) is 3.25. The number of Topliss-reactive ketones (excluding diaryl/α,β-unsaturated/α-hetero) is 1. The van der Waals surface area contributed by atoms with Crippen molar-refractivity contribution in [2.24, 2.45) is 0 Å². The largest absolute Gasteiger partial charge is 0.800 e. The van der Waals surface area contributed by atoms with Crippen LogP contribution in [0.25, 0.3) is 0 Å². The highest BCUT2D eigenvalue weighted by Gasteiger charge is 2.25. The monoisotopic (exact) mass is 947 g/mol. The minimum absolute atomic E-state index is 0.0226. The van der Waals surface area contributed by atoms with Gasteiger partial charge in [0.1, 0.15) is 6.04 Å². The lowest BCUT2D eigenvalue weighted by molar-refractivity contribution is -0.185. The van der Waals surface area contributed by atoms with Crippen molar-refractivity contribution in [3.8, 4) is 0 Å². The first-order valence-corrected chi connectivity index (χ1v) is 24.2. The van der Waals surface area contributed by atoms with Gasteiger partial charge in [-0.3, -0.25) is 24.0 Å². The van der Waals surface area contributed by atoms with Gasteiger partial charge in [-0.05, 0) is 31.4 Å². The third-order valence-electron chi connectivity index (χ3n) is 8.54. The van der Waals surface area contributed by atoms with E-state index in [2.05, 4.69) is 21.3 Å². The van der Waals surface area contributed by atoms with Gasteiger partial charge in [-0.2, -0.15) is 0 Å².